The zero-order valence-corrected chi connectivity index (χ0v) is 22.1. The predicted molar refractivity (Wildman–Crippen MR) is 143 cm³/mol. The van der Waals surface area contributed by atoms with Crippen LogP contribution in [0.25, 0.3) is 10.2 Å². The fourth-order valence-electron chi connectivity index (χ4n) is 5.29. The van der Waals surface area contributed by atoms with Crippen LogP contribution in [0.4, 0.5) is 11.5 Å². The summed E-state index contributed by atoms with van der Waals surface area (Å²) >= 11 is 1.84. The largest absolute Gasteiger partial charge is 0.352 e. The van der Waals surface area contributed by atoms with E-state index in [1.54, 1.807) is 24.0 Å². The number of rotatable bonds is 5. The molecular weight excluding hydrogens is 474 g/mol. The normalized spacial score (nSPS) is 16.3. The van der Waals surface area contributed by atoms with Gasteiger partial charge in [0.05, 0.1) is 10.3 Å². The van der Waals surface area contributed by atoms with Crippen molar-refractivity contribution in [3.05, 3.63) is 55.7 Å². The highest BCUT2D eigenvalue weighted by Crippen LogP contribution is 2.39. The molecule has 0 saturated carbocycles. The third-order valence-electron chi connectivity index (χ3n) is 7.20. The lowest BCUT2D eigenvalue weighted by Gasteiger charge is -2.36. The molecule has 0 spiro atoms. The molecule has 3 aromatic rings. The first-order valence-electron chi connectivity index (χ1n) is 12.9. The second-order valence-electron chi connectivity index (χ2n) is 10.3. The molecule has 0 bridgehead atoms. The van der Waals surface area contributed by atoms with Crippen LogP contribution in [0, 0.1) is 23.0 Å². The molecule has 2 aromatic heterocycles. The SMILES string of the molecule is Cc1ccc(C(=O)N2CCN(c3nc(CC(C)C)nc4sc5c(c34)CCCCC5)CC2)cc1[N+](=O)[O-]. The van der Waals surface area contributed by atoms with E-state index in [0.717, 1.165) is 35.7 Å². The van der Waals surface area contributed by atoms with Crippen molar-refractivity contribution in [2.45, 2.75) is 59.3 Å². The smallest absolute Gasteiger partial charge is 0.273 e. The molecule has 3 heterocycles. The van der Waals surface area contributed by atoms with Crippen LogP contribution in [-0.2, 0) is 19.3 Å². The van der Waals surface area contributed by atoms with E-state index < -0.39 is 4.92 Å². The number of nitro benzene ring substituents is 1. The van der Waals surface area contributed by atoms with Crippen LogP contribution >= 0.6 is 11.3 Å². The first-order chi connectivity index (χ1) is 17.3. The van der Waals surface area contributed by atoms with Crippen LogP contribution in [0.1, 0.15) is 65.3 Å². The first kappa shape index (κ1) is 24.6. The van der Waals surface area contributed by atoms with Crippen LogP contribution < -0.4 is 4.90 Å². The third-order valence-corrected chi connectivity index (χ3v) is 8.39. The Hall–Kier alpha value is -3.07. The topological polar surface area (TPSA) is 92.5 Å². The van der Waals surface area contributed by atoms with Gasteiger partial charge in [-0.2, -0.15) is 0 Å². The molecule has 0 radical (unpaired) electrons. The number of anilines is 1. The van der Waals surface area contributed by atoms with Crippen LogP contribution in [0.5, 0.6) is 0 Å². The van der Waals surface area contributed by atoms with Gasteiger partial charge >= 0.3 is 0 Å². The lowest BCUT2D eigenvalue weighted by molar-refractivity contribution is -0.385. The third kappa shape index (κ3) is 4.81. The van der Waals surface area contributed by atoms with Gasteiger partial charge in [-0.1, -0.05) is 26.3 Å². The lowest BCUT2D eigenvalue weighted by atomic mass is 10.1. The molecule has 1 aromatic carbocycles. The predicted octanol–water partition coefficient (Wildman–Crippen LogP) is 5.34. The molecule has 0 unspecified atom stereocenters. The number of hydrogen-bond donors (Lipinski definition) is 0. The minimum absolute atomic E-state index is 0.0151. The van der Waals surface area contributed by atoms with E-state index in [9.17, 15) is 14.9 Å². The van der Waals surface area contributed by atoms with Crippen molar-refractivity contribution >= 4 is 39.0 Å². The number of aromatic nitrogens is 2. The van der Waals surface area contributed by atoms with Crippen molar-refractivity contribution in [1.29, 1.82) is 0 Å². The Morgan fingerprint density at radius 2 is 1.86 bits per heavy atom. The van der Waals surface area contributed by atoms with E-state index in [1.807, 2.05) is 11.3 Å². The Balaban J connectivity index is 1.41. The average Bonchev–Trinajstić information content (AvgIpc) is 3.03. The van der Waals surface area contributed by atoms with Crippen molar-refractivity contribution < 1.29 is 9.72 Å². The maximum absolute atomic E-state index is 13.2. The number of nitrogens with zero attached hydrogens (tertiary/aromatic N) is 5. The summed E-state index contributed by atoms with van der Waals surface area (Å²) in [4.78, 5) is 40.8. The average molecular weight is 508 g/mol. The van der Waals surface area contributed by atoms with Gasteiger partial charge in [-0.3, -0.25) is 14.9 Å². The molecule has 1 fully saturated rings. The van der Waals surface area contributed by atoms with E-state index in [0.29, 0.717) is 43.2 Å². The highest BCUT2D eigenvalue weighted by Gasteiger charge is 2.28. The molecule has 1 amide bonds. The van der Waals surface area contributed by atoms with Gasteiger partial charge in [0.15, 0.2) is 0 Å². The van der Waals surface area contributed by atoms with E-state index in [4.69, 9.17) is 9.97 Å². The quantitative estimate of drug-likeness (QED) is 0.263. The fraction of sp³-hybridized carbons (Fsp3) is 0.519. The number of aryl methyl sites for hydroxylation is 3. The molecule has 9 heteroatoms. The number of amides is 1. The van der Waals surface area contributed by atoms with Crippen molar-refractivity contribution in [3.63, 3.8) is 0 Å². The monoisotopic (exact) mass is 507 g/mol. The standard InChI is InChI=1S/C27H33N5O3S/c1-17(2)15-23-28-25(24-20-7-5-4-6-8-22(20)36-26(24)29-23)30-11-13-31(14-12-30)27(33)19-10-9-18(3)21(16-19)32(34)35/h9-10,16-17H,4-8,11-15H2,1-3H3. The van der Waals surface area contributed by atoms with Crippen molar-refractivity contribution in [2.75, 3.05) is 31.1 Å². The van der Waals surface area contributed by atoms with E-state index in [1.165, 1.54) is 41.2 Å². The Bertz CT molecular complexity index is 1310. The van der Waals surface area contributed by atoms with Gasteiger partial charge in [-0.15, -0.1) is 11.3 Å². The Labute approximate surface area is 215 Å². The van der Waals surface area contributed by atoms with Crippen LogP contribution in [-0.4, -0.2) is 51.9 Å². The number of benzene rings is 1. The number of nitro groups is 1. The molecule has 1 saturated heterocycles. The summed E-state index contributed by atoms with van der Waals surface area (Å²) in [5, 5.41) is 12.6. The van der Waals surface area contributed by atoms with Gasteiger partial charge in [0.25, 0.3) is 11.6 Å². The molecular formula is C27H33N5O3S. The summed E-state index contributed by atoms with van der Waals surface area (Å²) in [5.74, 6) is 2.24. The summed E-state index contributed by atoms with van der Waals surface area (Å²) in [7, 11) is 0. The van der Waals surface area contributed by atoms with E-state index in [-0.39, 0.29) is 11.6 Å². The number of thiophene rings is 1. The highest BCUT2D eigenvalue weighted by atomic mass is 32.1. The zero-order chi connectivity index (χ0) is 25.4. The first-order valence-corrected chi connectivity index (χ1v) is 13.7. The second-order valence-corrected chi connectivity index (χ2v) is 11.4. The summed E-state index contributed by atoms with van der Waals surface area (Å²) in [6.45, 7) is 8.53. The molecule has 1 aliphatic carbocycles. The summed E-state index contributed by atoms with van der Waals surface area (Å²) < 4.78 is 0. The van der Waals surface area contributed by atoms with Crippen LogP contribution in [0.3, 0.4) is 0 Å². The maximum Gasteiger partial charge on any atom is 0.273 e. The molecule has 8 nitrogen and oxygen atoms in total. The number of hydrogen-bond acceptors (Lipinski definition) is 7. The summed E-state index contributed by atoms with van der Waals surface area (Å²) in [6, 6.07) is 4.73. The van der Waals surface area contributed by atoms with Gasteiger partial charge < -0.3 is 9.80 Å². The van der Waals surface area contributed by atoms with Crippen molar-refractivity contribution in [2.24, 2.45) is 5.92 Å². The van der Waals surface area contributed by atoms with Crippen LogP contribution in [0.2, 0.25) is 0 Å². The molecule has 36 heavy (non-hydrogen) atoms. The van der Waals surface area contributed by atoms with Gasteiger partial charge in [-0.05, 0) is 50.2 Å². The molecule has 0 atom stereocenters. The summed E-state index contributed by atoms with van der Waals surface area (Å²) in [5.41, 5.74) is 2.34. The minimum Gasteiger partial charge on any atom is -0.352 e. The molecule has 5 rings (SSSR count). The molecule has 1 aliphatic heterocycles. The Kier molecular flexibility index (Phi) is 6.92. The molecule has 190 valence electrons. The number of carbonyl (C=O) groups is 1. The van der Waals surface area contributed by atoms with Gasteiger partial charge in [0.1, 0.15) is 16.5 Å². The van der Waals surface area contributed by atoms with Crippen molar-refractivity contribution in [3.8, 4) is 0 Å². The lowest BCUT2D eigenvalue weighted by Crippen LogP contribution is -2.49. The zero-order valence-electron chi connectivity index (χ0n) is 21.2. The van der Waals surface area contributed by atoms with Gasteiger partial charge in [-0.25, -0.2) is 9.97 Å². The minimum atomic E-state index is -0.428. The highest BCUT2D eigenvalue weighted by molar-refractivity contribution is 7.19. The van der Waals surface area contributed by atoms with Crippen LogP contribution in [0.15, 0.2) is 18.2 Å². The Morgan fingerprint density at radius 3 is 2.58 bits per heavy atom. The fourth-order valence-corrected chi connectivity index (χ4v) is 6.56. The maximum atomic E-state index is 13.2. The van der Waals surface area contributed by atoms with Gasteiger partial charge in [0, 0.05) is 54.7 Å². The second kappa shape index (κ2) is 10.1. The number of carbonyl (C=O) groups excluding carboxylic acids is 1. The number of fused-ring (bicyclic) bond motifs is 3. The van der Waals surface area contributed by atoms with Gasteiger partial charge in [0.2, 0.25) is 0 Å². The van der Waals surface area contributed by atoms with E-state index in [2.05, 4.69) is 18.7 Å². The number of piperazine rings is 1. The summed E-state index contributed by atoms with van der Waals surface area (Å²) in [6.07, 6.45) is 6.76. The molecule has 2 aliphatic rings. The van der Waals surface area contributed by atoms with Crippen molar-refractivity contribution in [1.82, 2.24) is 14.9 Å². The molecule has 0 N–H and O–H groups in total. The Morgan fingerprint density at radius 1 is 1.11 bits per heavy atom. The van der Waals surface area contributed by atoms with E-state index >= 15 is 0 Å².